The summed E-state index contributed by atoms with van der Waals surface area (Å²) in [6, 6.07) is 0. The number of hydrogen-bond acceptors (Lipinski definition) is 1. The molecule has 0 spiro atoms. The molecule has 1 heteroatoms. The zero-order chi connectivity index (χ0) is 8.27. The highest BCUT2D eigenvalue weighted by Gasteiger charge is 2.21. The standard InChI is InChI=1S/C10H21N/c1-8(2)10-5-3-9(7-11)4-6-10/h8-10H,3-7,11H2,1-2H3. The molecule has 0 atom stereocenters. The van der Waals surface area contributed by atoms with Crippen LogP contribution in [0.3, 0.4) is 0 Å². The van der Waals surface area contributed by atoms with Crippen LogP contribution in [0.4, 0.5) is 0 Å². The first-order valence-corrected chi connectivity index (χ1v) is 4.94. The van der Waals surface area contributed by atoms with Gasteiger partial charge in [-0.15, -0.1) is 0 Å². The molecule has 0 unspecified atom stereocenters. The Morgan fingerprint density at radius 2 is 1.73 bits per heavy atom. The Bertz CT molecular complexity index is 101. The molecule has 1 saturated carbocycles. The van der Waals surface area contributed by atoms with Gasteiger partial charge >= 0.3 is 0 Å². The van der Waals surface area contributed by atoms with Crippen LogP contribution >= 0.6 is 0 Å². The van der Waals surface area contributed by atoms with Crippen molar-refractivity contribution < 1.29 is 0 Å². The number of nitrogens with two attached hydrogens (primary N) is 1. The van der Waals surface area contributed by atoms with Gasteiger partial charge in [0.1, 0.15) is 0 Å². The van der Waals surface area contributed by atoms with Crippen molar-refractivity contribution in [1.29, 1.82) is 0 Å². The second-order valence-electron chi connectivity index (χ2n) is 4.26. The largest absolute Gasteiger partial charge is 0.330 e. The molecule has 1 fully saturated rings. The molecule has 0 bridgehead atoms. The fraction of sp³-hybridized carbons (Fsp3) is 1.00. The van der Waals surface area contributed by atoms with E-state index in [1.807, 2.05) is 0 Å². The van der Waals surface area contributed by atoms with Crippen molar-refractivity contribution in [3.05, 3.63) is 0 Å². The highest BCUT2D eigenvalue weighted by atomic mass is 14.5. The van der Waals surface area contributed by atoms with Crippen molar-refractivity contribution in [2.45, 2.75) is 39.5 Å². The van der Waals surface area contributed by atoms with Gasteiger partial charge in [-0.3, -0.25) is 0 Å². The third-order valence-corrected chi connectivity index (χ3v) is 3.17. The Balaban J connectivity index is 2.24. The van der Waals surface area contributed by atoms with Crippen LogP contribution in [0.1, 0.15) is 39.5 Å². The average Bonchev–Trinajstić information content (AvgIpc) is 2.05. The molecule has 1 aliphatic carbocycles. The fourth-order valence-corrected chi connectivity index (χ4v) is 2.09. The third-order valence-electron chi connectivity index (χ3n) is 3.17. The second kappa shape index (κ2) is 4.10. The molecule has 2 N–H and O–H groups in total. The fourth-order valence-electron chi connectivity index (χ4n) is 2.09. The Kier molecular flexibility index (Phi) is 3.38. The Hall–Kier alpha value is -0.0400. The predicted octanol–water partition coefficient (Wildman–Crippen LogP) is 2.41. The first-order valence-electron chi connectivity index (χ1n) is 4.94. The van der Waals surface area contributed by atoms with Gasteiger partial charge in [0.2, 0.25) is 0 Å². The van der Waals surface area contributed by atoms with Gasteiger partial charge in [-0.25, -0.2) is 0 Å². The Morgan fingerprint density at radius 1 is 1.18 bits per heavy atom. The predicted molar refractivity (Wildman–Crippen MR) is 49.3 cm³/mol. The lowest BCUT2D eigenvalue weighted by Crippen LogP contribution is -2.23. The van der Waals surface area contributed by atoms with Crippen molar-refractivity contribution in [1.82, 2.24) is 0 Å². The van der Waals surface area contributed by atoms with E-state index >= 15 is 0 Å². The molecule has 0 saturated heterocycles. The van der Waals surface area contributed by atoms with Gasteiger partial charge in [0.05, 0.1) is 0 Å². The number of hydrogen-bond donors (Lipinski definition) is 1. The van der Waals surface area contributed by atoms with Gasteiger partial charge in [-0.1, -0.05) is 13.8 Å². The van der Waals surface area contributed by atoms with Crippen LogP contribution < -0.4 is 5.73 Å². The average molecular weight is 155 g/mol. The lowest BCUT2D eigenvalue weighted by molar-refractivity contribution is 0.228. The SMILES string of the molecule is CC(C)C1CCC(CN)CC1. The summed E-state index contributed by atoms with van der Waals surface area (Å²) in [5, 5.41) is 0. The Morgan fingerprint density at radius 3 is 2.09 bits per heavy atom. The lowest BCUT2D eigenvalue weighted by Gasteiger charge is -2.29. The molecule has 1 nitrogen and oxygen atoms in total. The van der Waals surface area contributed by atoms with Gasteiger partial charge in [0.15, 0.2) is 0 Å². The van der Waals surface area contributed by atoms with Gasteiger partial charge in [-0.05, 0) is 50.0 Å². The van der Waals surface area contributed by atoms with Crippen LogP contribution in [0.25, 0.3) is 0 Å². The van der Waals surface area contributed by atoms with Gasteiger partial charge in [0.25, 0.3) is 0 Å². The molecule has 0 aromatic heterocycles. The molecule has 0 aromatic rings. The van der Waals surface area contributed by atoms with E-state index in [1.165, 1.54) is 25.7 Å². The van der Waals surface area contributed by atoms with E-state index in [4.69, 9.17) is 5.73 Å². The molecule has 66 valence electrons. The van der Waals surface area contributed by atoms with Crippen LogP contribution in [0.2, 0.25) is 0 Å². The van der Waals surface area contributed by atoms with Gasteiger partial charge in [0, 0.05) is 0 Å². The van der Waals surface area contributed by atoms with E-state index in [1.54, 1.807) is 0 Å². The smallest absolute Gasteiger partial charge is 0.00489 e. The van der Waals surface area contributed by atoms with E-state index in [9.17, 15) is 0 Å². The summed E-state index contributed by atoms with van der Waals surface area (Å²) in [5.41, 5.74) is 5.62. The van der Waals surface area contributed by atoms with Crippen molar-refractivity contribution in [2.75, 3.05) is 6.54 Å². The molecular formula is C10H21N. The summed E-state index contributed by atoms with van der Waals surface area (Å²) in [6.45, 7) is 5.59. The van der Waals surface area contributed by atoms with Crippen LogP contribution in [-0.4, -0.2) is 6.54 Å². The van der Waals surface area contributed by atoms with Crippen LogP contribution in [-0.2, 0) is 0 Å². The maximum atomic E-state index is 5.62. The molecule has 1 aliphatic rings. The molecular weight excluding hydrogens is 134 g/mol. The molecule has 1 rings (SSSR count). The summed E-state index contributed by atoms with van der Waals surface area (Å²) in [7, 11) is 0. The maximum absolute atomic E-state index is 5.62. The van der Waals surface area contributed by atoms with Gasteiger partial charge in [-0.2, -0.15) is 0 Å². The molecule has 0 aromatic carbocycles. The lowest BCUT2D eigenvalue weighted by atomic mass is 9.77. The molecule has 0 heterocycles. The quantitative estimate of drug-likeness (QED) is 0.651. The van der Waals surface area contributed by atoms with Crippen molar-refractivity contribution >= 4 is 0 Å². The van der Waals surface area contributed by atoms with E-state index in [0.29, 0.717) is 0 Å². The highest BCUT2D eigenvalue weighted by Crippen LogP contribution is 2.32. The second-order valence-corrected chi connectivity index (χ2v) is 4.26. The maximum Gasteiger partial charge on any atom is -0.00489 e. The summed E-state index contributed by atoms with van der Waals surface area (Å²) in [6.07, 6.45) is 5.58. The van der Waals surface area contributed by atoms with Crippen molar-refractivity contribution in [3.8, 4) is 0 Å². The van der Waals surface area contributed by atoms with Gasteiger partial charge < -0.3 is 5.73 Å². The monoisotopic (exact) mass is 155 g/mol. The molecule has 11 heavy (non-hydrogen) atoms. The first-order chi connectivity index (χ1) is 5.24. The highest BCUT2D eigenvalue weighted by molar-refractivity contribution is 4.74. The minimum absolute atomic E-state index is 0.838. The zero-order valence-electron chi connectivity index (χ0n) is 7.84. The molecule has 0 radical (unpaired) electrons. The minimum Gasteiger partial charge on any atom is -0.330 e. The van der Waals surface area contributed by atoms with Crippen molar-refractivity contribution in [3.63, 3.8) is 0 Å². The van der Waals surface area contributed by atoms with Crippen molar-refractivity contribution in [2.24, 2.45) is 23.5 Å². The summed E-state index contributed by atoms with van der Waals surface area (Å²) >= 11 is 0. The molecule has 0 amide bonds. The molecule has 0 aliphatic heterocycles. The summed E-state index contributed by atoms with van der Waals surface area (Å²) in [5.74, 6) is 2.71. The normalized spacial score (nSPS) is 32.7. The van der Waals surface area contributed by atoms with E-state index in [2.05, 4.69) is 13.8 Å². The van der Waals surface area contributed by atoms with E-state index in [0.717, 1.165) is 24.3 Å². The minimum atomic E-state index is 0.838. The van der Waals surface area contributed by atoms with E-state index in [-0.39, 0.29) is 0 Å². The summed E-state index contributed by atoms with van der Waals surface area (Å²) in [4.78, 5) is 0. The van der Waals surface area contributed by atoms with Crippen LogP contribution in [0, 0.1) is 17.8 Å². The topological polar surface area (TPSA) is 26.0 Å². The zero-order valence-corrected chi connectivity index (χ0v) is 7.84. The van der Waals surface area contributed by atoms with Crippen LogP contribution in [0.15, 0.2) is 0 Å². The van der Waals surface area contributed by atoms with Crippen LogP contribution in [0.5, 0.6) is 0 Å². The Labute approximate surface area is 70.4 Å². The first kappa shape index (κ1) is 9.05. The third kappa shape index (κ3) is 2.48. The summed E-state index contributed by atoms with van der Waals surface area (Å²) < 4.78 is 0. The number of rotatable bonds is 2. The van der Waals surface area contributed by atoms with E-state index < -0.39 is 0 Å².